The van der Waals surface area contributed by atoms with Crippen LogP contribution in [0.1, 0.15) is 17.2 Å². The molecule has 20 heavy (non-hydrogen) atoms. The Labute approximate surface area is 126 Å². The van der Waals surface area contributed by atoms with Crippen LogP contribution in [0.5, 0.6) is 0 Å². The normalized spacial score (nSPS) is 12.2. The third kappa shape index (κ3) is 3.76. The van der Waals surface area contributed by atoms with Gasteiger partial charge in [0.1, 0.15) is 0 Å². The number of carbonyl (C=O) groups is 1. The monoisotopic (exact) mass is 312 g/mol. The van der Waals surface area contributed by atoms with Crippen LogP contribution in [0.15, 0.2) is 36.7 Å². The number of carbonyl (C=O) groups excluding carboxylic acids is 1. The molecule has 1 aromatic carbocycles. The molecule has 0 aliphatic rings. The van der Waals surface area contributed by atoms with Gasteiger partial charge < -0.3 is 15.0 Å². The summed E-state index contributed by atoms with van der Waals surface area (Å²) >= 11 is 11.7. The number of hydrogen-bond donors (Lipinski definition) is 2. The van der Waals surface area contributed by atoms with E-state index in [0.717, 1.165) is 5.56 Å². The highest BCUT2D eigenvalue weighted by molar-refractivity contribution is 6.34. The van der Waals surface area contributed by atoms with Crippen LogP contribution in [0.3, 0.4) is 0 Å². The summed E-state index contributed by atoms with van der Waals surface area (Å²) in [5, 5.41) is 13.4. The number of hydrogen-bond acceptors (Lipinski definition) is 2. The summed E-state index contributed by atoms with van der Waals surface area (Å²) in [7, 11) is 1.90. The second-order valence-corrected chi connectivity index (χ2v) is 5.38. The standard InChI is InChI=1S/C14H14Cl2N2O2/c1-18-3-2-9(8-18)7-17-14(20)13(19)10-4-11(15)6-12(16)5-10/h2-6,8,13,19H,7H2,1H3,(H,17,20)/t13-/m1/s1. The zero-order valence-electron chi connectivity index (χ0n) is 10.8. The van der Waals surface area contributed by atoms with Gasteiger partial charge in [-0.05, 0) is 35.4 Å². The van der Waals surface area contributed by atoms with Gasteiger partial charge in [0.2, 0.25) is 0 Å². The number of rotatable bonds is 4. The van der Waals surface area contributed by atoms with Gasteiger partial charge in [0.15, 0.2) is 6.10 Å². The van der Waals surface area contributed by atoms with Crippen LogP contribution < -0.4 is 5.32 Å². The van der Waals surface area contributed by atoms with Crippen LogP contribution in [0.25, 0.3) is 0 Å². The molecule has 0 aliphatic heterocycles. The fourth-order valence-corrected chi connectivity index (χ4v) is 2.38. The summed E-state index contributed by atoms with van der Waals surface area (Å²) in [5.74, 6) is -0.493. The molecule has 1 amide bonds. The highest BCUT2D eigenvalue weighted by Gasteiger charge is 2.18. The minimum absolute atomic E-state index is 0.352. The molecule has 0 spiro atoms. The molecule has 2 rings (SSSR count). The lowest BCUT2D eigenvalue weighted by Crippen LogP contribution is -2.28. The molecule has 1 atom stereocenters. The molecule has 2 N–H and O–H groups in total. The molecule has 0 saturated heterocycles. The molecule has 2 aromatic rings. The first-order chi connectivity index (χ1) is 9.45. The van der Waals surface area contributed by atoms with Gasteiger partial charge in [0, 0.05) is 36.0 Å². The van der Waals surface area contributed by atoms with Gasteiger partial charge in [-0.15, -0.1) is 0 Å². The van der Waals surface area contributed by atoms with Crippen LogP contribution in [0, 0.1) is 0 Å². The number of nitrogens with one attached hydrogen (secondary N) is 1. The summed E-state index contributed by atoms with van der Waals surface area (Å²) in [5.41, 5.74) is 1.32. The smallest absolute Gasteiger partial charge is 0.253 e. The van der Waals surface area contributed by atoms with E-state index in [0.29, 0.717) is 22.2 Å². The molecule has 0 bridgehead atoms. The van der Waals surface area contributed by atoms with E-state index >= 15 is 0 Å². The second-order valence-electron chi connectivity index (χ2n) is 4.51. The third-order valence-corrected chi connectivity index (χ3v) is 3.25. The molecule has 6 heteroatoms. The van der Waals surface area contributed by atoms with E-state index in [1.807, 2.05) is 30.1 Å². The number of benzene rings is 1. The van der Waals surface area contributed by atoms with Crippen molar-refractivity contribution in [3.05, 3.63) is 57.8 Å². The number of aryl methyl sites for hydroxylation is 1. The van der Waals surface area contributed by atoms with E-state index in [4.69, 9.17) is 23.2 Å². The van der Waals surface area contributed by atoms with Crippen LogP contribution in [-0.4, -0.2) is 15.6 Å². The summed E-state index contributed by atoms with van der Waals surface area (Å²) in [6.45, 7) is 0.352. The SMILES string of the molecule is Cn1ccc(CNC(=O)[C@H](O)c2cc(Cl)cc(Cl)c2)c1. The lowest BCUT2D eigenvalue weighted by molar-refractivity contribution is -0.129. The summed E-state index contributed by atoms with van der Waals surface area (Å²) in [6.07, 6.45) is 2.48. The Morgan fingerprint density at radius 2 is 2.00 bits per heavy atom. The maximum absolute atomic E-state index is 11.9. The Morgan fingerprint density at radius 3 is 2.55 bits per heavy atom. The molecule has 0 unspecified atom stereocenters. The molecule has 1 heterocycles. The van der Waals surface area contributed by atoms with Gasteiger partial charge in [-0.1, -0.05) is 23.2 Å². The molecule has 0 saturated carbocycles. The summed E-state index contributed by atoms with van der Waals surface area (Å²) in [4.78, 5) is 11.9. The van der Waals surface area contributed by atoms with Crippen molar-refractivity contribution in [2.24, 2.45) is 7.05 Å². The Bertz CT molecular complexity index is 605. The van der Waals surface area contributed by atoms with Crippen LogP contribution in [0.4, 0.5) is 0 Å². The third-order valence-electron chi connectivity index (χ3n) is 2.81. The van der Waals surface area contributed by atoms with Crippen LogP contribution in [-0.2, 0) is 18.4 Å². The van der Waals surface area contributed by atoms with Crippen molar-refractivity contribution < 1.29 is 9.90 Å². The Kier molecular flexibility index (Phi) is 4.70. The zero-order valence-corrected chi connectivity index (χ0v) is 12.3. The molecule has 4 nitrogen and oxygen atoms in total. The van der Waals surface area contributed by atoms with E-state index in [1.54, 1.807) is 6.07 Å². The zero-order chi connectivity index (χ0) is 14.7. The average Bonchev–Trinajstić information content (AvgIpc) is 2.79. The molecule has 1 aromatic heterocycles. The first-order valence-electron chi connectivity index (χ1n) is 5.98. The fourth-order valence-electron chi connectivity index (χ4n) is 1.84. The van der Waals surface area contributed by atoms with Gasteiger partial charge in [0.25, 0.3) is 5.91 Å². The van der Waals surface area contributed by atoms with Crippen molar-refractivity contribution in [1.82, 2.24) is 9.88 Å². The topological polar surface area (TPSA) is 54.3 Å². The maximum Gasteiger partial charge on any atom is 0.253 e. The van der Waals surface area contributed by atoms with E-state index in [-0.39, 0.29) is 0 Å². The Hall–Kier alpha value is -1.49. The van der Waals surface area contributed by atoms with E-state index in [9.17, 15) is 9.90 Å². The molecule has 0 radical (unpaired) electrons. The molecule has 0 fully saturated rings. The van der Waals surface area contributed by atoms with Gasteiger partial charge in [0.05, 0.1) is 0 Å². The highest BCUT2D eigenvalue weighted by atomic mass is 35.5. The van der Waals surface area contributed by atoms with Crippen molar-refractivity contribution in [3.63, 3.8) is 0 Å². The van der Waals surface area contributed by atoms with Crippen molar-refractivity contribution in [2.75, 3.05) is 0 Å². The Morgan fingerprint density at radius 1 is 1.35 bits per heavy atom. The largest absolute Gasteiger partial charge is 0.378 e. The molecule has 106 valence electrons. The van der Waals surface area contributed by atoms with E-state index in [1.165, 1.54) is 12.1 Å². The molecular weight excluding hydrogens is 299 g/mol. The lowest BCUT2D eigenvalue weighted by atomic mass is 10.1. The van der Waals surface area contributed by atoms with Crippen molar-refractivity contribution in [3.8, 4) is 0 Å². The molecular formula is C14H14Cl2N2O2. The summed E-state index contributed by atoms with van der Waals surface area (Å²) < 4.78 is 1.88. The van der Waals surface area contributed by atoms with Gasteiger partial charge in [-0.2, -0.15) is 0 Å². The number of amides is 1. The number of aliphatic hydroxyl groups excluding tert-OH is 1. The van der Waals surface area contributed by atoms with Crippen molar-refractivity contribution >= 4 is 29.1 Å². The number of aliphatic hydroxyl groups is 1. The quantitative estimate of drug-likeness (QED) is 0.912. The lowest BCUT2D eigenvalue weighted by Gasteiger charge is -2.12. The number of halogens is 2. The minimum Gasteiger partial charge on any atom is -0.378 e. The first-order valence-corrected chi connectivity index (χ1v) is 6.74. The van der Waals surface area contributed by atoms with Crippen LogP contribution in [0.2, 0.25) is 10.0 Å². The maximum atomic E-state index is 11.9. The number of aromatic nitrogens is 1. The van der Waals surface area contributed by atoms with Crippen molar-refractivity contribution in [1.29, 1.82) is 0 Å². The summed E-state index contributed by atoms with van der Waals surface area (Å²) in [6, 6.07) is 6.46. The fraction of sp³-hybridized carbons (Fsp3) is 0.214. The van der Waals surface area contributed by atoms with E-state index in [2.05, 4.69) is 5.32 Å². The predicted octanol–water partition coefficient (Wildman–Crippen LogP) is 2.68. The number of nitrogens with zero attached hydrogens (tertiary/aromatic N) is 1. The average molecular weight is 313 g/mol. The van der Waals surface area contributed by atoms with Crippen LogP contribution >= 0.6 is 23.2 Å². The van der Waals surface area contributed by atoms with Gasteiger partial charge >= 0.3 is 0 Å². The molecule has 0 aliphatic carbocycles. The highest BCUT2D eigenvalue weighted by Crippen LogP contribution is 2.23. The van der Waals surface area contributed by atoms with Gasteiger partial charge in [-0.25, -0.2) is 0 Å². The van der Waals surface area contributed by atoms with E-state index < -0.39 is 12.0 Å². The second kappa shape index (κ2) is 6.31. The van der Waals surface area contributed by atoms with Crippen molar-refractivity contribution in [2.45, 2.75) is 12.6 Å². The first kappa shape index (κ1) is 14.9. The van der Waals surface area contributed by atoms with Gasteiger partial charge in [-0.3, -0.25) is 4.79 Å². The Balaban J connectivity index is 2.01. The predicted molar refractivity (Wildman–Crippen MR) is 78.7 cm³/mol. The minimum atomic E-state index is -1.30.